The van der Waals surface area contributed by atoms with E-state index in [4.69, 9.17) is 5.73 Å². The highest BCUT2D eigenvalue weighted by Crippen LogP contribution is 2.06. The third kappa shape index (κ3) is 4.13. The Bertz CT molecular complexity index is 317. The minimum Gasteiger partial charge on any atom is -0.366 e. The fourth-order valence-electron chi connectivity index (χ4n) is 1.44. The molecule has 82 valence electrons. The van der Waals surface area contributed by atoms with Crippen molar-refractivity contribution in [2.45, 2.75) is 12.8 Å². The summed E-state index contributed by atoms with van der Waals surface area (Å²) in [5.41, 5.74) is 6.99. The smallest absolute Gasteiger partial charge is 0.248 e. The first-order valence-electron chi connectivity index (χ1n) is 5.13. The average Bonchev–Trinajstić information content (AvgIpc) is 2.18. The summed E-state index contributed by atoms with van der Waals surface area (Å²) in [6, 6.07) is 7.51. The van der Waals surface area contributed by atoms with Crippen molar-refractivity contribution in [1.82, 2.24) is 4.90 Å². The lowest BCUT2D eigenvalue weighted by Crippen LogP contribution is -2.13. The van der Waals surface area contributed by atoms with E-state index in [1.165, 1.54) is 5.56 Å². The van der Waals surface area contributed by atoms with Gasteiger partial charge in [-0.2, -0.15) is 0 Å². The molecule has 2 N–H and O–H groups in total. The van der Waals surface area contributed by atoms with Gasteiger partial charge in [-0.25, -0.2) is 0 Å². The summed E-state index contributed by atoms with van der Waals surface area (Å²) in [6.45, 7) is 1.08. The molecule has 0 spiro atoms. The fourth-order valence-corrected chi connectivity index (χ4v) is 1.44. The number of carbonyl (C=O) groups is 1. The predicted octanol–water partition coefficient (Wildman–Crippen LogP) is 1.28. The summed E-state index contributed by atoms with van der Waals surface area (Å²) in [6.07, 6.45) is 2.17. The lowest BCUT2D eigenvalue weighted by molar-refractivity contribution is 0.100. The molecular weight excluding hydrogens is 188 g/mol. The summed E-state index contributed by atoms with van der Waals surface area (Å²) >= 11 is 0. The number of rotatable bonds is 5. The molecule has 1 rings (SSSR count). The van der Waals surface area contributed by atoms with Gasteiger partial charge < -0.3 is 10.6 Å². The second-order valence-corrected chi connectivity index (χ2v) is 3.97. The summed E-state index contributed by atoms with van der Waals surface area (Å²) < 4.78 is 0. The van der Waals surface area contributed by atoms with Gasteiger partial charge in [0.05, 0.1) is 0 Å². The fraction of sp³-hybridized carbons (Fsp3) is 0.417. The quantitative estimate of drug-likeness (QED) is 0.788. The van der Waals surface area contributed by atoms with E-state index in [1.54, 1.807) is 12.1 Å². The number of aryl methyl sites for hydroxylation is 1. The number of hydrogen-bond acceptors (Lipinski definition) is 2. The van der Waals surface area contributed by atoms with Gasteiger partial charge in [-0.15, -0.1) is 0 Å². The molecule has 0 atom stereocenters. The third-order valence-electron chi connectivity index (χ3n) is 2.31. The first-order chi connectivity index (χ1) is 7.09. The standard InChI is InChI=1S/C12H18N2O/c1-14(2)9-3-4-10-5-7-11(8-6-10)12(13)15/h5-8H,3-4,9H2,1-2H3,(H2,13,15). The minimum atomic E-state index is -0.366. The zero-order chi connectivity index (χ0) is 11.3. The molecule has 0 heterocycles. The molecular formula is C12H18N2O. The zero-order valence-corrected chi connectivity index (χ0v) is 9.36. The molecule has 0 fully saturated rings. The van der Waals surface area contributed by atoms with E-state index in [2.05, 4.69) is 19.0 Å². The van der Waals surface area contributed by atoms with Gasteiger partial charge in [-0.3, -0.25) is 4.79 Å². The van der Waals surface area contributed by atoms with E-state index in [9.17, 15) is 4.79 Å². The number of nitrogens with zero attached hydrogens (tertiary/aromatic N) is 1. The molecule has 0 saturated carbocycles. The highest BCUT2D eigenvalue weighted by Gasteiger charge is 1.99. The number of nitrogens with two attached hydrogens (primary N) is 1. The van der Waals surface area contributed by atoms with Crippen molar-refractivity contribution < 1.29 is 4.79 Å². The van der Waals surface area contributed by atoms with Crippen molar-refractivity contribution in [1.29, 1.82) is 0 Å². The van der Waals surface area contributed by atoms with Gasteiger partial charge in [0, 0.05) is 5.56 Å². The summed E-state index contributed by atoms with van der Waals surface area (Å²) in [4.78, 5) is 13.0. The highest BCUT2D eigenvalue weighted by molar-refractivity contribution is 5.92. The Morgan fingerprint density at radius 1 is 1.27 bits per heavy atom. The van der Waals surface area contributed by atoms with Crippen LogP contribution in [-0.2, 0) is 6.42 Å². The number of primary amides is 1. The van der Waals surface area contributed by atoms with Gasteiger partial charge in [0.1, 0.15) is 0 Å². The molecule has 0 saturated heterocycles. The molecule has 1 aromatic rings. The normalized spacial score (nSPS) is 10.6. The summed E-state index contributed by atoms with van der Waals surface area (Å²) in [7, 11) is 4.13. The van der Waals surface area contributed by atoms with E-state index < -0.39 is 0 Å². The second kappa shape index (κ2) is 5.51. The van der Waals surface area contributed by atoms with E-state index in [0.717, 1.165) is 19.4 Å². The topological polar surface area (TPSA) is 46.3 Å². The lowest BCUT2D eigenvalue weighted by atomic mass is 10.1. The van der Waals surface area contributed by atoms with E-state index in [-0.39, 0.29) is 5.91 Å². The van der Waals surface area contributed by atoms with Gasteiger partial charge in [-0.1, -0.05) is 12.1 Å². The Labute approximate surface area is 90.9 Å². The van der Waals surface area contributed by atoms with Crippen molar-refractivity contribution in [3.05, 3.63) is 35.4 Å². The van der Waals surface area contributed by atoms with Gasteiger partial charge in [0.2, 0.25) is 5.91 Å². The second-order valence-electron chi connectivity index (χ2n) is 3.97. The Morgan fingerprint density at radius 2 is 1.87 bits per heavy atom. The van der Waals surface area contributed by atoms with Crippen LogP contribution >= 0.6 is 0 Å². The molecule has 0 aromatic heterocycles. The first-order valence-corrected chi connectivity index (χ1v) is 5.13. The Hall–Kier alpha value is -1.35. The largest absolute Gasteiger partial charge is 0.366 e. The Kier molecular flexibility index (Phi) is 4.31. The van der Waals surface area contributed by atoms with Gasteiger partial charge in [0.25, 0.3) is 0 Å². The molecule has 0 unspecified atom stereocenters. The van der Waals surface area contributed by atoms with Crippen LogP contribution in [0.15, 0.2) is 24.3 Å². The Morgan fingerprint density at radius 3 is 2.33 bits per heavy atom. The third-order valence-corrected chi connectivity index (χ3v) is 2.31. The molecule has 15 heavy (non-hydrogen) atoms. The van der Waals surface area contributed by atoms with Crippen LogP contribution < -0.4 is 5.73 Å². The maximum absolute atomic E-state index is 10.8. The summed E-state index contributed by atoms with van der Waals surface area (Å²) in [5.74, 6) is -0.366. The summed E-state index contributed by atoms with van der Waals surface area (Å²) in [5, 5.41) is 0. The van der Waals surface area contributed by atoms with Crippen LogP contribution in [0.1, 0.15) is 22.3 Å². The number of carbonyl (C=O) groups excluding carboxylic acids is 1. The predicted molar refractivity (Wildman–Crippen MR) is 61.8 cm³/mol. The molecule has 1 amide bonds. The van der Waals surface area contributed by atoms with E-state index in [1.807, 2.05) is 12.1 Å². The van der Waals surface area contributed by atoms with Crippen molar-refractivity contribution in [2.75, 3.05) is 20.6 Å². The number of hydrogen-bond donors (Lipinski definition) is 1. The van der Waals surface area contributed by atoms with Crippen LogP contribution in [0.2, 0.25) is 0 Å². The average molecular weight is 206 g/mol. The van der Waals surface area contributed by atoms with Crippen LogP contribution in [0.3, 0.4) is 0 Å². The minimum absolute atomic E-state index is 0.366. The molecule has 0 radical (unpaired) electrons. The van der Waals surface area contributed by atoms with Crippen molar-refractivity contribution in [2.24, 2.45) is 5.73 Å². The molecule has 0 aliphatic carbocycles. The Balaban J connectivity index is 2.46. The van der Waals surface area contributed by atoms with Gasteiger partial charge >= 0.3 is 0 Å². The van der Waals surface area contributed by atoms with Crippen LogP contribution in [0.25, 0.3) is 0 Å². The molecule has 0 bridgehead atoms. The first kappa shape index (κ1) is 11.7. The molecule has 3 nitrogen and oxygen atoms in total. The highest BCUT2D eigenvalue weighted by atomic mass is 16.1. The van der Waals surface area contributed by atoms with Crippen LogP contribution in [-0.4, -0.2) is 31.4 Å². The molecule has 0 aliphatic rings. The maximum atomic E-state index is 10.8. The van der Waals surface area contributed by atoms with Crippen LogP contribution in [0, 0.1) is 0 Å². The van der Waals surface area contributed by atoms with Crippen LogP contribution in [0.5, 0.6) is 0 Å². The molecule has 0 aliphatic heterocycles. The van der Waals surface area contributed by atoms with Gasteiger partial charge in [0.15, 0.2) is 0 Å². The maximum Gasteiger partial charge on any atom is 0.248 e. The lowest BCUT2D eigenvalue weighted by Gasteiger charge is -2.08. The van der Waals surface area contributed by atoms with Gasteiger partial charge in [-0.05, 0) is 51.2 Å². The number of amides is 1. The number of benzene rings is 1. The van der Waals surface area contributed by atoms with E-state index >= 15 is 0 Å². The van der Waals surface area contributed by atoms with Crippen molar-refractivity contribution in [3.8, 4) is 0 Å². The SMILES string of the molecule is CN(C)CCCc1ccc(C(N)=O)cc1. The molecule has 1 aromatic carbocycles. The van der Waals surface area contributed by atoms with Crippen molar-refractivity contribution >= 4 is 5.91 Å². The monoisotopic (exact) mass is 206 g/mol. The molecule has 3 heteroatoms. The van der Waals surface area contributed by atoms with Crippen molar-refractivity contribution in [3.63, 3.8) is 0 Å². The van der Waals surface area contributed by atoms with E-state index in [0.29, 0.717) is 5.56 Å². The zero-order valence-electron chi connectivity index (χ0n) is 9.36. The van der Waals surface area contributed by atoms with Crippen LogP contribution in [0.4, 0.5) is 0 Å².